The van der Waals surface area contributed by atoms with E-state index in [1.54, 1.807) is 12.3 Å². The van der Waals surface area contributed by atoms with E-state index in [0.717, 1.165) is 17.0 Å². The molecule has 2 aromatic rings. The van der Waals surface area contributed by atoms with Crippen LogP contribution in [0, 0.1) is 11.3 Å². The minimum absolute atomic E-state index is 0.144. The summed E-state index contributed by atoms with van der Waals surface area (Å²) in [5.74, 6) is 1.30. The molecule has 0 radical (unpaired) electrons. The Bertz CT molecular complexity index is 628. The van der Waals surface area contributed by atoms with E-state index in [-0.39, 0.29) is 6.10 Å². The minimum Gasteiger partial charge on any atom is -0.494 e. The summed E-state index contributed by atoms with van der Waals surface area (Å²) in [7, 11) is 1.52. The van der Waals surface area contributed by atoms with Gasteiger partial charge >= 0.3 is 0 Å². The third kappa shape index (κ3) is 3.07. The van der Waals surface area contributed by atoms with Gasteiger partial charge in [-0.05, 0) is 44.2 Å². The first kappa shape index (κ1) is 13.9. The highest BCUT2D eigenvalue weighted by Crippen LogP contribution is 2.25. The molecule has 0 atom stereocenters. The molecule has 20 heavy (non-hydrogen) atoms. The van der Waals surface area contributed by atoms with Gasteiger partial charge in [0.05, 0.1) is 30.7 Å². The van der Waals surface area contributed by atoms with Crippen LogP contribution in [0.1, 0.15) is 19.4 Å². The summed E-state index contributed by atoms with van der Waals surface area (Å²) in [5.41, 5.74) is 2.14. The van der Waals surface area contributed by atoms with Crippen LogP contribution in [0.5, 0.6) is 11.5 Å². The molecule has 0 aliphatic carbocycles. The number of nitrogens with zero attached hydrogens (tertiary/aromatic N) is 2. The van der Waals surface area contributed by atoms with Gasteiger partial charge in [0.25, 0.3) is 0 Å². The van der Waals surface area contributed by atoms with Crippen LogP contribution in [-0.4, -0.2) is 18.2 Å². The molecule has 0 saturated heterocycles. The molecule has 0 aliphatic rings. The van der Waals surface area contributed by atoms with E-state index >= 15 is 0 Å². The van der Waals surface area contributed by atoms with Crippen molar-refractivity contribution in [1.29, 1.82) is 5.26 Å². The molecular formula is C16H16N2O2. The predicted molar refractivity (Wildman–Crippen MR) is 76.7 cm³/mol. The molecule has 0 N–H and O–H groups in total. The molecule has 0 saturated carbocycles. The van der Waals surface area contributed by atoms with Gasteiger partial charge < -0.3 is 9.47 Å². The van der Waals surface area contributed by atoms with Crippen LogP contribution in [0.25, 0.3) is 11.3 Å². The van der Waals surface area contributed by atoms with E-state index in [9.17, 15) is 0 Å². The van der Waals surface area contributed by atoms with E-state index in [1.807, 2.05) is 38.1 Å². The molecule has 0 aliphatic heterocycles. The second-order valence-electron chi connectivity index (χ2n) is 4.57. The summed E-state index contributed by atoms with van der Waals surface area (Å²) in [6, 6.07) is 11.5. The Morgan fingerprint density at radius 3 is 2.45 bits per heavy atom. The summed E-state index contributed by atoms with van der Waals surface area (Å²) in [6.07, 6.45) is 1.71. The highest BCUT2D eigenvalue weighted by atomic mass is 16.5. The molecule has 0 fully saturated rings. The normalized spacial score (nSPS) is 10.2. The van der Waals surface area contributed by atoms with Gasteiger partial charge in [-0.15, -0.1) is 0 Å². The molecule has 0 spiro atoms. The first-order valence-electron chi connectivity index (χ1n) is 6.35. The highest BCUT2D eigenvalue weighted by Gasteiger charge is 2.07. The molecular weight excluding hydrogens is 252 g/mol. The SMILES string of the molecule is COc1cnc(-c2ccc(OC(C)C)cc2)cc1C#N. The number of methoxy groups -OCH3 is 1. The summed E-state index contributed by atoms with van der Waals surface area (Å²) in [6.45, 7) is 3.97. The topological polar surface area (TPSA) is 55.1 Å². The molecule has 1 heterocycles. The van der Waals surface area contributed by atoms with Gasteiger partial charge in [0.1, 0.15) is 11.8 Å². The third-order valence-electron chi connectivity index (χ3n) is 2.73. The molecule has 0 bridgehead atoms. The van der Waals surface area contributed by atoms with Crippen LogP contribution in [0.3, 0.4) is 0 Å². The Kier molecular flexibility index (Phi) is 4.21. The van der Waals surface area contributed by atoms with Crippen molar-refractivity contribution in [2.24, 2.45) is 0 Å². The quantitative estimate of drug-likeness (QED) is 0.852. The zero-order valence-corrected chi connectivity index (χ0v) is 11.8. The zero-order valence-electron chi connectivity index (χ0n) is 11.8. The van der Waals surface area contributed by atoms with Gasteiger partial charge in [-0.2, -0.15) is 5.26 Å². The predicted octanol–water partition coefficient (Wildman–Crippen LogP) is 3.42. The van der Waals surface area contributed by atoms with Gasteiger partial charge in [-0.25, -0.2) is 0 Å². The van der Waals surface area contributed by atoms with Crippen molar-refractivity contribution in [2.45, 2.75) is 20.0 Å². The summed E-state index contributed by atoms with van der Waals surface area (Å²) in [5, 5.41) is 9.09. The Balaban J connectivity index is 2.30. The number of benzene rings is 1. The fourth-order valence-electron chi connectivity index (χ4n) is 1.83. The molecule has 4 heteroatoms. The lowest BCUT2D eigenvalue weighted by molar-refractivity contribution is 0.242. The Morgan fingerprint density at radius 2 is 1.90 bits per heavy atom. The average molecular weight is 268 g/mol. The lowest BCUT2D eigenvalue weighted by Crippen LogP contribution is -2.05. The van der Waals surface area contributed by atoms with E-state index in [1.165, 1.54) is 7.11 Å². The van der Waals surface area contributed by atoms with Gasteiger partial charge in [-0.1, -0.05) is 0 Å². The number of nitriles is 1. The van der Waals surface area contributed by atoms with Gasteiger partial charge in [0.2, 0.25) is 0 Å². The van der Waals surface area contributed by atoms with Crippen LogP contribution >= 0.6 is 0 Å². The first-order valence-corrected chi connectivity index (χ1v) is 6.35. The van der Waals surface area contributed by atoms with E-state index in [4.69, 9.17) is 14.7 Å². The van der Waals surface area contributed by atoms with Crippen LogP contribution < -0.4 is 9.47 Å². The molecule has 1 aromatic carbocycles. The summed E-state index contributed by atoms with van der Waals surface area (Å²) in [4.78, 5) is 4.30. The number of rotatable bonds is 4. The number of aromatic nitrogens is 1. The first-order chi connectivity index (χ1) is 9.63. The van der Waals surface area contributed by atoms with E-state index in [0.29, 0.717) is 11.3 Å². The van der Waals surface area contributed by atoms with Gasteiger partial charge in [0.15, 0.2) is 5.75 Å². The molecule has 1 aromatic heterocycles. The number of hydrogen-bond donors (Lipinski definition) is 0. The number of ether oxygens (including phenoxy) is 2. The molecule has 102 valence electrons. The number of pyridine rings is 1. The molecule has 0 unspecified atom stereocenters. The second kappa shape index (κ2) is 6.07. The van der Waals surface area contributed by atoms with E-state index in [2.05, 4.69) is 11.1 Å². The smallest absolute Gasteiger partial charge is 0.154 e. The standard InChI is InChI=1S/C16H16N2O2/c1-11(2)20-14-6-4-12(5-7-14)15-8-13(9-17)16(19-3)10-18-15/h4-8,10-11H,1-3H3. The van der Waals surface area contributed by atoms with Crippen LogP contribution in [0.4, 0.5) is 0 Å². The van der Waals surface area contributed by atoms with Crippen molar-refractivity contribution in [3.05, 3.63) is 42.1 Å². The van der Waals surface area contributed by atoms with Crippen molar-refractivity contribution in [1.82, 2.24) is 4.98 Å². The second-order valence-corrected chi connectivity index (χ2v) is 4.57. The maximum atomic E-state index is 9.09. The van der Waals surface area contributed by atoms with Crippen molar-refractivity contribution >= 4 is 0 Å². The van der Waals surface area contributed by atoms with Crippen LogP contribution in [-0.2, 0) is 0 Å². The zero-order chi connectivity index (χ0) is 14.5. The van der Waals surface area contributed by atoms with Crippen molar-refractivity contribution in [3.8, 4) is 28.8 Å². The minimum atomic E-state index is 0.144. The van der Waals surface area contributed by atoms with Crippen molar-refractivity contribution in [2.75, 3.05) is 7.11 Å². The fourth-order valence-corrected chi connectivity index (χ4v) is 1.83. The largest absolute Gasteiger partial charge is 0.494 e. The summed E-state index contributed by atoms with van der Waals surface area (Å²) >= 11 is 0. The van der Waals surface area contributed by atoms with Gasteiger partial charge in [-0.3, -0.25) is 4.98 Å². The summed E-state index contributed by atoms with van der Waals surface area (Å²) < 4.78 is 10.7. The van der Waals surface area contributed by atoms with Crippen molar-refractivity contribution in [3.63, 3.8) is 0 Å². The Labute approximate surface area is 118 Å². The van der Waals surface area contributed by atoms with Crippen LogP contribution in [0.15, 0.2) is 36.5 Å². The molecule has 2 rings (SSSR count). The molecule has 0 amide bonds. The maximum Gasteiger partial charge on any atom is 0.154 e. The maximum absolute atomic E-state index is 9.09. The molecule has 4 nitrogen and oxygen atoms in total. The third-order valence-corrected chi connectivity index (χ3v) is 2.73. The fraction of sp³-hybridized carbons (Fsp3) is 0.250. The Hall–Kier alpha value is -2.54. The van der Waals surface area contributed by atoms with E-state index < -0.39 is 0 Å². The van der Waals surface area contributed by atoms with Crippen LogP contribution in [0.2, 0.25) is 0 Å². The Morgan fingerprint density at radius 1 is 1.20 bits per heavy atom. The number of hydrogen-bond acceptors (Lipinski definition) is 4. The van der Waals surface area contributed by atoms with Gasteiger partial charge in [0, 0.05) is 5.56 Å². The lowest BCUT2D eigenvalue weighted by Gasteiger charge is -2.10. The highest BCUT2D eigenvalue weighted by molar-refractivity contribution is 5.63. The average Bonchev–Trinajstić information content (AvgIpc) is 2.46. The monoisotopic (exact) mass is 268 g/mol. The lowest BCUT2D eigenvalue weighted by atomic mass is 10.1. The van der Waals surface area contributed by atoms with Crippen molar-refractivity contribution < 1.29 is 9.47 Å².